The number of nitrogens with zero attached hydrogens (tertiary/aromatic N) is 3. The van der Waals surface area contributed by atoms with Gasteiger partial charge in [0.2, 0.25) is 0 Å². The number of aromatic nitrogens is 2. The Morgan fingerprint density at radius 2 is 1.85 bits per heavy atom. The fourth-order valence-electron chi connectivity index (χ4n) is 4.87. The van der Waals surface area contributed by atoms with Crippen LogP contribution in [0.15, 0.2) is 54.9 Å². The first-order chi connectivity index (χ1) is 13.4. The molecule has 2 aliphatic rings. The van der Waals surface area contributed by atoms with Gasteiger partial charge >= 0.3 is 0 Å². The van der Waals surface area contributed by atoms with E-state index in [-0.39, 0.29) is 0 Å². The fourth-order valence-corrected chi connectivity index (χ4v) is 4.87. The molecule has 5 rings (SSSR count). The fraction of sp³-hybridized carbons (Fsp3) is 0.435. The molecule has 4 nitrogen and oxygen atoms in total. The maximum atomic E-state index is 4.50. The summed E-state index contributed by atoms with van der Waals surface area (Å²) in [5.41, 5.74) is 5.08. The summed E-state index contributed by atoms with van der Waals surface area (Å²) in [6.07, 6.45) is 7.15. The van der Waals surface area contributed by atoms with E-state index in [1.54, 1.807) is 0 Å². The third kappa shape index (κ3) is 3.52. The molecule has 0 radical (unpaired) electrons. The van der Waals surface area contributed by atoms with Crippen LogP contribution < -0.4 is 5.32 Å². The summed E-state index contributed by atoms with van der Waals surface area (Å²) in [7, 11) is 0. The summed E-state index contributed by atoms with van der Waals surface area (Å²) in [6, 6.07) is 19.1. The van der Waals surface area contributed by atoms with Crippen molar-refractivity contribution >= 4 is 11.0 Å². The van der Waals surface area contributed by atoms with Crippen molar-refractivity contribution in [2.24, 2.45) is 0 Å². The van der Waals surface area contributed by atoms with Crippen molar-refractivity contribution in [2.75, 3.05) is 19.6 Å². The zero-order valence-electron chi connectivity index (χ0n) is 15.8. The molecule has 0 aliphatic carbocycles. The highest BCUT2D eigenvalue weighted by atomic mass is 15.2. The number of fused-ring (bicyclic) bond motifs is 1. The first-order valence-electron chi connectivity index (χ1n) is 10.3. The summed E-state index contributed by atoms with van der Waals surface area (Å²) in [4.78, 5) is 7.27. The van der Waals surface area contributed by atoms with Gasteiger partial charge in [-0.3, -0.25) is 4.90 Å². The quantitative estimate of drug-likeness (QED) is 0.756. The van der Waals surface area contributed by atoms with Gasteiger partial charge in [-0.1, -0.05) is 36.4 Å². The van der Waals surface area contributed by atoms with E-state index < -0.39 is 0 Å². The Labute approximate surface area is 161 Å². The molecule has 0 spiro atoms. The lowest BCUT2D eigenvalue weighted by molar-refractivity contribution is 0.190. The lowest BCUT2D eigenvalue weighted by Crippen LogP contribution is -2.41. The van der Waals surface area contributed by atoms with E-state index in [2.05, 4.69) is 62.2 Å². The molecule has 140 valence electrons. The number of hydrogen-bond donors (Lipinski definition) is 1. The molecule has 2 unspecified atom stereocenters. The highest BCUT2D eigenvalue weighted by Crippen LogP contribution is 2.26. The number of para-hydroxylation sites is 2. The molecule has 0 bridgehead atoms. The predicted octanol–water partition coefficient (Wildman–Crippen LogP) is 3.45. The Morgan fingerprint density at radius 1 is 1.00 bits per heavy atom. The topological polar surface area (TPSA) is 33.1 Å². The van der Waals surface area contributed by atoms with Crippen molar-refractivity contribution in [3.05, 3.63) is 66.0 Å². The minimum atomic E-state index is 0.721. The average molecular weight is 361 g/mol. The Bertz CT molecular complexity index is 892. The van der Waals surface area contributed by atoms with Crippen molar-refractivity contribution < 1.29 is 0 Å². The molecule has 3 aromatic rings. The average Bonchev–Trinajstić information content (AvgIpc) is 3.44. The maximum Gasteiger partial charge on any atom is 0.0961 e. The number of benzene rings is 2. The van der Waals surface area contributed by atoms with Gasteiger partial charge in [-0.25, -0.2) is 4.98 Å². The van der Waals surface area contributed by atoms with E-state index in [0.29, 0.717) is 0 Å². The number of nitrogens with one attached hydrogen (secondary N) is 1. The van der Waals surface area contributed by atoms with E-state index >= 15 is 0 Å². The van der Waals surface area contributed by atoms with Crippen molar-refractivity contribution in [2.45, 2.75) is 44.3 Å². The number of imidazole rings is 1. The molecule has 27 heavy (non-hydrogen) atoms. The Kier molecular flexibility index (Phi) is 4.68. The van der Waals surface area contributed by atoms with E-state index in [1.807, 2.05) is 12.4 Å². The van der Waals surface area contributed by atoms with Gasteiger partial charge in [0.1, 0.15) is 0 Å². The normalized spacial score (nSPS) is 23.4. The molecule has 2 fully saturated rings. The molecule has 2 aliphatic heterocycles. The molecule has 3 heterocycles. The molecule has 2 aromatic carbocycles. The third-order valence-electron chi connectivity index (χ3n) is 6.30. The molecular weight excluding hydrogens is 332 g/mol. The number of rotatable bonds is 5. The molecule has 4 heteroatoms. The van der Waals surface area contributed by atoms with Gasteiger partial charge < -0.3 is 9.88 Å². The summed E-state index contributed by atoms with van der Waals surface area (Å²) < 4.78 is 2.23. The Hall–Kier alpha value is -2.17. The second-order valence-corrected chi connectivity index (χ2v) is 8.06. The van der Waals surface area contributed by atoms with E-state index in [0.717, 1.165) is 24.1 Å². The van der Waals surface area contributed by atoms with Crippen LogP contribution in [0.2, 0.25) is 0 Å². The van der Waals surface area contributed by atoms with Crippen molar-refractivity contribution in [3.8, 4) is 0 Å². The van der Waals surface area contributed by atoms with Crippen molar-refractivity contribution in [1.29, 1.82) is 0 Å². The largest absolute Gasteiger partial charge is 0.326 e. The van der Waals surface area contributed by atoms with Gasteiger partial charge in [0.25, 0.3) is 0 Å². The van der Waals surface area contributed by atoms with Crippen LogP contribution in [0.1, 0.15) is 30.4 Å². The van der Waals surface area contributed by atoms with Crippen LogP contribution in [0.25, 0.3) is 11.0 Å². The van der Waals surface area contributed by atoms with Crippen LogP contribution in [-0.4, -0.2) is 46.2 Å². The molecule has 0 saturated carbocycles. The minimum absolute atomic E-state index is 0.721. The zero-order valence-corrected chi connectivity index (χ0v) is 15.8. The molecular formula is C23H28N4. The van der Waals surface area contributed by atoms with Crippen LogP contribution in [0.3, 0.4) is 0 Å². The SMILES string of the molecule is c1ccc2c(c1)ncn2Cc1ccc(CC2CCCN2C2CCNC2)cc1. The minimum Gasteiger partial charge on any atom is -0.326 e. The molecule has 1 N–H and O–H groups in total. The summed E-state index contributed by atoms with van der Waals surface area (Å²) >= 11 is 0. The lowest BCUT2D eigenvalue weighted by atomic mass is 10.0. The summed E-state index contributed by atoms with van der Waals surface area (Å²) in [6.45, 7) is 4.52. The van der Waals surface area contributed by atoms with Gasteiger partial charge in [-0.15, -0.1) is 0 Å². The molecule has 0 amide bonds. The third-order valence-corrected chi connectivity index (χ3v) is 6.30. The molecule has 2 saturated heterocycles. The smallest absolute Gasteiger partial charge is 0.0961 e. The van der Waals surface area contributed by atoms with Gasteiger partial charge in [-0.2, -0.15) is 0 Å². The maximum absolute atomic E-state index is 4.50. The van der Waals surface area contributed by atoms with Crippen LogP contribution >= 0.6 is 0 Å². The van der Waals surface area contributed by atoms with Crippen LogP contribution in [0, 0.1) is 0 Å². The van der Waals surface area contributed by atoms with E-state index in [4.69, 9.17) is 0 Å². The predicted molar refractivity (Wildman–Crippen MR) is 110 cm³/mol. The van der Waals surface area contributed by atoms with Gasteiger partial charge in [0.05, 0.1) is 17.4 Å². The second kappa shape index (κ2) is 7.45. The highest BCUT2D eigenvalue weighted by Gasteiger charge is 2.32. The monoisotopic (exact) mass is 360 g/mol. The van der Waals surface area contributed by atoms with Crippen LogP contribution in [-0.2, 0) is 13.0 Å². The van der Waals surface area contributed by atoms with Crippen LogP contribution in [0.4, 0.5) is 0 Å². The molecule has 1 aromatic heterocycles. The summed E-state index contributed by atoms with van der Waals surface area (Å²) in [5.74, 6) is 0. The van der Waals surface area contributed by atoms with Crippen molar-refractivity contribution in [3.63, 3.8) is 0 Å². The lowest BCUT2D eigenvalue weighted by Gasteiger charge is -2.30. The van der Waals surface area contributed by atoms with Crippen molar-refractivity contribution in [1.82, 2.24) is 19.8 Å². The van der Waals surface area contributed by atoms with Gasteiger partial charge in [0.15, 0.2) is 0 Å². The molecule has 2 atom stereocenters. The van der Waals surface area contributed by atoms with Gasteiger partial charge in [-0.05, 0) is 62.0 Å². The van der Waals surface area contributed by atoms with Gasteiger partial charge in [0, 0.05) is 25.2 Å². The van der Waals surface area contributed by atoms with E-state index in [1.165, 1.54) is 62.0 Å². The standard InChI is InChI=1S/C23H28N4/c1-2-6-23-22(5-1)25-17-26(23)16-19-9-7-18(8-10-19)14-20-4-3-13-27(20)21-11-12-24-15-21/h1-2,5-10,17,20-21,24H,3-4,11-16H2. The van der Waals surface area contributed by atoms with Crippen LogP contribution in [0.5, 0.6) is 0 Å². The first-order valence-corrected chi connectivity index (χ1v) is 10.3. The highest BCUT2D eigenvalue weighted by molar-refractivity contribution is 5.75. The van der Waals surface area contributed by atoms with E-state index in [9.17, 15) is 0 Å². The first kappa shape index (κ1) is 17.0. The number of hydrogen-bond acceptors (Lipinski definition) is 3. The Balaban J connectivity index is 1.26. The number of likely N-dealkylation sites (tertiary alicyclic amines) is 1. The second-order valence-electron chi connectivity index (χ2n) is 8.06. The summed E-state index contributed by atoms with van der Waals surface area (Å²) in [5, 5.41) is 3.53. The zero-order chi connectivity index (χ0) is 18.1. The Morgan fingerprint density at radius 3 is 2.70 bits per heavy atom.